The number of hydrogen-bond acceptors (Lipinski definition) is 3. The summed E-state index contributed by atoms with van der Waals surface area (Å²) in [6, 6.07) is 3.18. The quantitative estimate of drug-likeness (QED) is 0.623. The van der Waals surface area contributed by atoms with Crippen LogP contribution in [-0.4, -0.2) is 17.1 Å². The Hall–Kier alpha value is -1.01. The van der Waals surface area contributed by atoms with Crippen LogP contribution < -0.4 is 0 Å². The summed E-state index contributed by atoms with van der Waals surface area (Å²) in [5.41, 5.74) is 0.859. The maximum atomic E-state index is 9.17. The number of hydrogen-bond donors (Lipinski definition) is 0. The van der Waals surface area contributed by atoms with Crippen molar-refractivity contribution < 1.29 is 4.84 Å². The van der Waals surface area contributed by atoms with Crippen molar-refractivity contribution in [1.82, 2.24) is 5.06 Å². The van der Waals surface area contributed by atoms with Crippen molar-refractivity contribution in [3.05, 3.63) is 11.8 Å². The predicted octanol–water partition coefficient (Wildman–Crippen LogP) is 2.22. The lowest BCUT2D eigenvalue weighted by Crippen LogP contribution is -2.40. The minimum absolute atomic E-state index is 0.283. The average molecular weight is 216 g/mol. The lowest BCUT2D eigenvalue weighted by atomic mass is 9.67. The fourth-order valence-corrected chi connectivity index (χ4v) is 4.59. The molecule has 0 aromatic rings. The molecule has 0 amide bonds. The van der Waals surface area contributed by atoms with Gasteiger partial charge in [-0.15, -0.1) is 5.06 Å². The van der Waals surface area contributed by atoms with Crippen molar-refractivity contribution in [2.45, 2.75) is 44.2 Å². The first-order valence-electron chi connectivity index (χ1n) is 6.40. The summed E-state index contributed by atoms with van der Waals surface area (Å²) in [5, 5.41) is 11.3. The molecule has 2 saturated carbocycles. The Balaban J connectivity index is 1.76. The van der Waals surface area contributed by atoms with Crippen LogP contribution >= 0.6 is 0 Å². The lowest BCUT2D eigenvalue weighted by molar-refractivity contribution is -0.144. The highest BCUT2D eigenvalue weighted by Crippen LogP contribution is 2.52. The van der Waals surface area contributed by atoms with Crippen LogP contribution in [0, 0.1) is 29.1 Å². The Morgan fingerprint density at radius 2 is 1.94 bits per heavy atom. The molecule has 5 rings (SSSR count). The van der Waals surface area contributed by atoms with E-state index < -0.39 is 0 Å². The van der Waals surface area contributed by atoms with Crippen LogP contribution in [0.15, 0.2) is 11.8 Å². The highest BCUT2D eigenvalue weighted by Gasteiger charge is 2.51. The molecule has 4 fully saturated rings. The molecule has 0 spiro atoms. The van der Waals surface area contributed by atoms with Crippen LogP contribution in [0.4, 0.5) is 0 Å². The van der Waals surface area contributed by atoms with Gasteiger partial charge in [0, 0.05) is 6.04 Å². The van der Waals surface area contributed by atoms with Crippen molar-refractivity contribution >= 4 is 0 Å². The Labute approximate surface area is 95.6 Å². The minimum atomic E-state index is 0.283. The SMILES string of the molecule is N#CC1=CON2C3CC4CC(CC(C4)C12)C3. The molecule has 5 aliphatic rings. The molecule has 2 aliphatic carbocycles. The lowest BCUT2D eigenvalue weighted by Gasteiger charge is -2.38. The third-order valence-corrected chi connectivity index (χ3v) is 4.98. The zero-order valence-electron chi connectivity index (χ0n) is 9.30. The molecular weight excluding hydrogens is 200 g/mol. The van der Waals surface area contributed by atoms with Crippen molar-refractivity contribution in [2.75, 3.05) is 0 Å². The molecular formula is C13H16N2O. The molecule has 3 aliphatic heterocycles. The van der Waals surface area contributed by atoms with Gasteiger partial charge in [0.15, 0.2) is 0 Å². The minimum Gasteiger partial charge on any atom is -0.412 e. The van der Waals surface area contributed by atoms with Crippen LogP contribution in [0.2, 0.25) is 0 Å². The second kappa shape index (κ2) is 3.01. The van der Waals surface area contributed by atoms with Gasteiger partial charge in [0.2, 0.25) is 0 Å². The topological polar surface area (TPSA) is 36.3 Å². The van der Waals surface area contributed by atoms with E-state index in [0.29, 0.717) is 12.0 Å². The van der Waals surface area contributed by atoms with Crippen LogP contribution in [0.5, 0.6) is 0 Å². The van der Waals surface area contributed by atoms with Gasteiger partial charge in [-0.05, 0) is 49.9 Å². The van der Waals surface area contributed by atoms with E-state index in [4.69, 9.17) is 10.1 Å². The fraction of sp³-hybridized carbons (Fsp3) is 0.769. The van der Waals surface area contributed by atoms with Gasteiger partial charge in [0.25, 0.3) is 0 Å². The van der Waals surface area contributed by atoms with Crippen LogP contribution in [0.3, 0.4) is 0 Å². The molecule has 3 heteroatoms. The Morgan fingerprint density at radius 3 is 2.62 bits per heavy atom. The Morgan fingerprint density at radius 1 is 1.19 bits per heavy atom. The molecule has 16 heavy (non-hydrogen) atoms. The molecule has 4 bridgehead atoms. The number of rotatable bonds is 0. The van der Waals surface area contributed by atoms with Crippen molar-refractivity contribution in [2.24, 2.45) is 17.8 Å². The summed E-state index contributed by atoms with van der Waals surface area (Å²) in [6.45, 7) is 0. The summed E-state index contributed by atoms with van der Waals surface area (Å²) in [6.07, 6.45) is 8.32. The van der Waals surface area contributed by atoms with E-state index in [1.54, 1.807) is 6.26 Å². The smallest absolute Gasteiger partial charge is 0.127 e. The average Bonchev–Trinajstić information content (AvgIpc) is 2.63. The fourth-order valence-electron chi connectivity index (χ4n) is 4.59. The summed E-state index contributed by atoms with van der Waals surface area (Å²) in [4.78, 5) is 5.67. The van der Waals surface area contributed by atoms with Gasteiger partial charge in [-0.1, -0.05) is 0 Å². The zero-order valence-corrected chi connectivity index (χ0v) is 9.30. The van der Waals surface area contributed by atoms with Gasteiger partial charge in [-0.3, -0.25) is 0 Å². The standard InChI is InChI=1S/C13H16N2O/c14-6-11-7-16-15-12-4-8-1-9(5-12)3-10(2-8)13(11)15/h7-10,12-13H,1-5H2. The molecule has 0 aromatic carbocycles. The monoisotopic (exact) mass is 216 g/mol. The van der Waals surface area contributed by atoms with Crippen molar-refractivity contribution in [3.8, 4) is 6.07 Å². The molecule has 0 N–H and O–H groups in total. The predicted molar refractivity (Wildman–Crippen MR) is 57.8 cm³/mol. The van der Waals surface area contributed by atoms with Gasteiger partial charge in [-0.2, -0.15) is 5.26 Å². The first-order valence-corrected chi connectivity index (χ1v) is 6.40. The largest absolute Gasteiger partial charge is 0.412 e. The third kappa shape index (κ3) is 1.06. The molecule has 3 unspecified atom stereocenters. The van der Waals surface area contributed by atoms with Gasteiger partial charge < -0.3 is 4.84 Å². The summed E-state index contributed by atoms with van der Waals surface area (Å²) in [5.74, 6) is 2.47. The van der Waals surface area contributed by atoms with Gasteiger partial charge in [0.1, 0.15) is 6.26 Å². The zero-order chi connectivity index (χ0) is 10.7. The maximum absolute atomic E-state index is 9.17. The van der Waals surface area contributed by atoms with E-state index in [0.717, 1.165) is 17.4 Å². The second-order valence-corrected chi connectivity index (χ2v) is 5.92. The highest BCUT2D eigenvalue weighted by atomic mass is 16.7. The number of hydroxylamine groups is 2. The number of nitrogens with zero attached hydrogens (tertiary/aromatic N) is 2. The summed E-state index contributed by atoms with van der Waals surface area (Å²) in [7, 11) is 0. The van der Waals surface area contributed by atoms with E-state index in [-0.39, 0.29) is 6.04 Å². The van der Waals surface area contributed by atoms with Crippen molar-refractivity contribution in [1.29, 1.82) is 5.26 Å². The van der Waals surface area contributed by atoms with E-state index in [2.05, 4.69) is 11.1 Å². The molecule has 3 nitrogen and oxygen atoms in total. The Kier molecular flexibility index (Phi) is 1.71. The molecule has 3 atom stereocenters. The van der Waals surface area contributed by atoms with E-state index in [1.165, 1.54) is 32.1 Å². The molecule has 2 saturated heterocycles. The molecule has 3 heterocycles. The van der Waals surface area contributed by atoms with Crippen LogP contribution in [0.25, 0.3) is 0 Å². The maximum Gasteiger partial charge on any atom is 0.127 e. The normalized spacial score (nSPS) is 49.2. The third-order valence-electron chi connectivity index (χ3n) is 4.98. The van der Waals surface area contributed by atoms with Crippen LogP contribution in [0.1, 0.15) is 32.1 Å². The molecule has 0 radical (unpaired) electrons. The summed E-state index contributed by atoms with van der Waals surface area (Å²) < 4.78 is 0. The van der Waals surface area contributed by atoms with E-state index in [1.807, 2.05) is 0 Å². The van der Waals surface area contributed by atoms with Crippen LogP contribution in [-0.2, 0) is 4.84 Å². The first kappa shape index (κ1) is 9.07. The molecule has 0 aromatic heterocycles. The molecule has 84 valence electrons. The van der Waals surface area contributed by atoms with Gasteiger partial charge in [-0.25, -0.2) is 0 Å². The van der Waals surface area contributed by atoms with Gasteiger partial charge >= 0.3 is 0 Å². The highest BCUT2D eigenvalue weighted by molar-refractivity contribution is 5.29. The van der Waals surface area contributed by atoms with E-state index in [9.17, 15) is 0 Å². The number of nitriles is 1. The second-order valence-electron chi connectivity index (χ2n) is 5.92. The van der Waals surface area contributed by atoms with Gasteiger partial charge in [0.05, 0.1) is 17.7 Å². The summed E-state index contributed by atoms with van der Waals surface area (Å²) >= 11 is 0. The van der Waals surface area contributed by atoms with E-state index >= 15 is 0 Å². The Bertz CT molecular complexity index is 383. The van der Waals surface area contributed by atoms with Crippen molar-refractivity contribution in [3.63, 3.8) is 0 Å². The first-order chi connectivity index (χ1) is 7.85.